The van der Waals surface area contributed by atoms with Crippen LogP contribution in [0, 0.1) is 17.5 Å². The molecule has 5 rings (SSSR count). The van der Waals surface area contributed by atoms with Crippen LogP contribution >= 0.6 is 11.3 Å². The molecular formula is C25H22F3N5OS. The average Bonchev–Trinajstić information content (AvgIpc) is 3.53. The molecule has 4 aromatic rings. The van der Waals surface area contributed by atoms with E-state index in [0.717, 1.165) is 38.4 Å². The SMILES string of the molecule is O=C(Nc1cccc(F)c1N1CCCCC1)c1csc(-c2cnn(Cc3cccc(F)c3F)c2)n1. The molecule has 1 amide bonds. The summed E-state index contributed by atoms with van der Waals surface area (Å²) in [5.74, 6) is -2.62. The molecule has 2 aromatic heterocycles. The van der Waals surface area contributed by atoms with Gasteiger partial charge in [0.25, 0.3) is 5.91 Å². The Morgan fingerprint density at radius 3 is 2.63 bits per heavy atom. The van der Waals surface area contributed by atoms with Gasteiger partial charge in [-0.25, -0.2) is 18.2 Å². The zero-order valence-electron chi connectivity index (χ0n) is 18.7. The van der Waals surface area contributed by atoms with Crippen molar-refractivity contribution >= 4 is 28.6 Å². The molecule has 0 aliphatic carbocycles. The molecule has 0 atom stereocenters. The molecule has 0 bridgehead atoms. The summed E-state index contributed by atoms with van der Waals surface area (Å²) in [5.41, 5.74) is 1.84. The third-order valence-electron chi connectivity index (χ3n) is 5.89. The predicted octanol–water partition coefficient (Wildman–Crippen LogP) is 5.71. The van der Waals surface area contributed by atoms with Gasteiger partial charge in [-0.1, -0.05) is 18.2 Å². The van der Waals surface area contributed by atoms with Crippen molar-refractivity contribution < 1.29 is 18.0 Å². The molecule has 1 N–H and O–H groups in total. The molecule has 1 aliphatic rings. The highest BCUT2D eigenvalue weighted by molar-refractivity contribution is 7.13. The van der Waals surface area contributed by atoms with E-state index in [9.17, 15) is 18.0 Å². The smallest absolute Gasteiger partial charge is 0.275 e. The number of anilines is 2. The van der Waals surface area contributed by atoms with E-state index in [1.807, 2.05) is 4.90 Å². The van der Waals surface area contributed by atoms with Crippen molar-refractivity contribution in [3.8, 4) is 10.6 Å². The summed E-state index contributed by atoms with van der Waals surface area (Å²) < 4.78 is 43.6. The Morgan fingerprint density at radius 1 is 1.03 bits per heavy atom. The van der Waals surface area contributed by atoms with Crippen LogP contribution in [0.3, 0.4) is 0 Å². The fourth-order valence-corrected chi connectivity index (χ4v) is 4.93. The number of rotatable bonds is 6. The third-order valence-corrected chi connectivity index (χ3v) is 6.78. The summed E-state index contributed by atoms with van der Waals surface area (Å²) in [6.45, 7) is 1.55. The number of aromatic nitrogens is 3. The minimum absolute atomic E-state index is 0.0567. The first-order valence-corrected chi connectivity index (χ1v) is 12.1. The number of para-hydroxylation sites is 1. The number of piperidine rings is 1. The molecule has 2 aromatic carbocycles. The molecule has 0 saturated carbocycles. The topological polar surface area (TPSA) is 63.1 Å². The van der Waals surface area contributed by atoms with E-state index in [1.54, 1.807) is 29.9 Å². The number of carbonyl (C=O) groups is 1. The zero-order chi connectivity index (χ0) is 24.4. The van der Waals surface area contributed by atoms with Crippen molar-refractivity contribution in [2.45, 2.75) is 25.8 Å². The van der Waals surface area contributed by atoms with Crippen LogP contribution in [0.4, 0.5) is 24.5 Å². The first-order valence-electron chi connectivity index (χ1n) is 11.3. The first kappa shape index (κ1) is 23.1. The van der Waals surface area contributed by atoms with Gasteiger partial charge < -0.3 is 10.2 Å². The Kier molecular flexibility index (Phi) is 6.54. The number of thiazole rings is 1. The lowest BCUT2D eigenvalue weighted by molar-refractivity contribution is 0.102. The van der Waals surface area contributed by atoms with E-state index in [0.29, 0.717) is 21.9 Å². The summed E-state index contributed by atoms with van der Waals surface area (Å²) in [6, 6.07) is 8.66. The number of carbonyl (C=O) groups excluding carboxylic acids is 1. The van der Waals surface area contributed by atoms with Gasteiger partial charge >= 0.3 is 0 Å². The third kappa shape index (κ3) is 4.93. The summed E-state index contributed by atoms with van der Waals surface area (Å²) in [5, 5.41) is 9.18. The number of amides is 1. The van der Waals surface area contributed by atoms with Gasteiger partial charge in [0, 0.05) is 35.8 Å². The minimum atomic E-state index is -0.910. The van der Waals surface area contributed by atoms with E-state index in [-0.39, 0.29) is 23.6 Å². The highest BCUT2D eigenvalue weighted by Gasteiger charge is 2.21. The molecule has 0 unspecified atom stereocenters. The van der Waals surface area contributed by atoms with Gasteiger partial charge in [-0.2, -0.15) is 5.10 Å². The summed E-state index contributed by atoms with van der Waals surface area (Å²) in [4.78, 5) is 19.3. The lowest BCUT2D eigenvalue weighted by atomic mass is 10.1. The van der Waals surface area contributed by atoms with Crippen molar-refractivity contribution in [3.05, 3.63) is 82.9 Å². The standard InChI is InChI=1S/C25H22F3N5OS/c26-18-7-4-6-16(22(18)28)13-33-14-17(12-29-33)25-31-21(15-35-25)24(34)30-20-9-5-8-19(27)23(20)32-10-2-1-3-11-32/h4-9,12,14-15H,1-3,10-11,13H2,(H,30,34). The number of nitrogens with one attached hydrogen (secondary N) is 1. The van der Waals surface area contributed by atoms with Crippen molar-refractivity contribution in [1.82, 2.24) is 14.8 Å². The fraction of sp³-hybridized carbons (Fsp3) is 0.240. The number of benzene rings is 2. The largest absolute Gasteiger partial charge is 0.367 e. The van der Waals surface area contributed by atoms with Crippen LogP contribution < -0.4 is 10.2 Å². The number of nitrogens with zero attached hydrogens (tertiary/aromatic N) is 4. The predicted molar refractivity (Wildman–Crippen MR) is 129 cm³/mol. The maximum Gasteiger partial charge on any atom is 0.275 e. The molecule has 35 heavy (non-hydrogen) atoms. The molecule has 1 saturated heterocycles. The molecule has 0 radical (unpaired) electrons. The van der Waals surface area contributed by atoms with Crippen LogP contribution in [0.15, 0.2) is 54.2 Å². The maximum absolute atomic E-state index is 14.7. The van der Waals surface area contributed by atoms with Gasteiger partial charge in [-0.05, 0) is 37.5 Å². The minimum Gasteiger partial charge on any atom is -0.367 e. The monoisotopic (exact) mass is 497 g/mol. The lowest BCUT2D eigenvalue weighted by Crippen LogP contribution is -2.31. The van der Waals surface area contributed by atoms with Gasteiger partial charge in [0.15, 0.2) is 11.6 Å². The normalized spacial score (nSPS) is 13.7. The van der Waals surface area contributed by atoms with E-state index in [1.165, 1.54) is 34.2 Å². The molecule has 6 nitrogen and oxygen atoms in total. The molecule has 180 valence electrons. The van der Waals surface area contributed by atoms with Crippen LogP contribution in [0.25, 0.3) is 10.6 Å². The van der Waals surface area contributed by atoms with Crippen molar-refractivity contribution in [1.29, 1.82) is 0 Å². The molecule has 1 aliphatic heterocycles. The van der Waals surface area contributed by atoms with Gasteiger partial charge in [0.2, 0.25) is 0 Å². The van der Waals surface area contributed by atoms with Crippen molar-refractivity contribution in [2.24, 2.45) is 0 Å². The van der Waals surface area contributed by atoms with Gasteiger partial charge in [0.1, 0.15) is 16.5 Å². The van der Waals surface area contributed by atoms with Gasteiger partial charge in [0.05, 0.1) is 24.1 Å². The summed E-state index contributed by atoms with van der Waals surface area (Å²) in [6.07, 6.45) is 6.29. The Labute approximate surface area is 204 Å². The Morgan fingerprint density at radius 2 is 1.80 bits per heavy atom. The maximum atomic E-state index is 14.7. The van der Waals surface area contributed by atoms with Crippen LogP contribution in [-0.2, 0) is 6.54 Å². The number of halogens is 3. The second-order valence-corrected chi connectivity index (χ2v) is 9.17. The van der Waals surface area contributed by atoms with Gasteiger partial charge in [-0.15, -0.1) is 11.3 Å². The quantitative estimate of drug-likeness (QED) is 0.370. The van der Waals surface area contributed by atoms with Crippen molar-refractivity contribution in [3.63, 3.8) is 0 Å². The summed E-state index contributed by atoms with van der Waals surface area (Å²) in [7, 11) is 0. The number of hydrogen-bond donors (Lipinski definition) is 1. The zero-order valence-corrected chi connectivity index (χ0v) is 19.5. The molecular weight excluding hydrogens is 475 g/mol. The van der Waals surface area contributed by atoms with E-state index in [4.69, 9.17) is 0 Å². The molecule has 10 heteroatoms. The highest BCUT2D eigenvalue weighted by Crippen LogP contribution is 2.32. The molecule has 3 heterocycles. The van der Waals surface area contributed by atoms with Crippen molar-refractivity contribution in [2.75, 3.05) is 23.3 Å². The molecule has 1 fully saturated rings. The highest BCUT2D eigenvalue weighted by atomic mass is 32.1. The first-order chi connectivity index (χ1) is 17.0. The van der Waals surface area contributed by atoms with Crippen LogP contribution in [0.5, 0.6) is 0 Å². The van der Waals surface area contributed by atoms with E-state index in [2.05, 4.69) is 15.4 Å². The van der Waals surface area contributed by atoms with Crippen LogP contribution in [0.1, 0.15) is 35.3 Å². The van der Waals surface area contributed by atoms with Gasteiger partial charge in [-0.3, -0.25) is 9.48 Å². The summed E-state index contributed by atoms with van der Waals surface area (Å²) >= 11 is 1.26. The average molecular weight is 498 g/mol. The second-order valence-electron chi connectivity index (χ2n) is 8.32. The Bertz CT molecular complexity index is 1360. The van der Waals surface area contributed by atoms with Crippen LogP contribution in [0.2, 0.25) is 0 Å². The van der Waals surface area contributed by atoms with E-state index >= 15 is 0 Å². The second kappa shape index (κ2) is 9.91. The Hall–Kier alpha value is -3.66. The Balaban J connectivity index is 1.31. The van der Waals surface area contributed by atoms with E-state index < -0.39 is 17.5 Å². The number of hydrogen-bond acceptors (Lipinski definition) is 5. The molecule has 0 spiro atoms. The lowest BCUT2D eigenvalue weighted by Gasteiger charge is -2.30. The fourth-order valence-electron chi connectivity index (χ4n) is 4.16. The van der Waals surface area contributed by atoms with Crippen LogP contribution in [-0.4, -0.2) is 33.8 Å².